The average molecular weight is 205 g/mol. The molecule has 0 bridgehead atoms. The Labute approximate surface area is 87.7 Å². The first-order valence-corrected chi connectivity index (χ1v) is 4.51. The molecule has 0 aliphatic rings. The minimum Gasteiger partial charge on any atom is -0.504 e. The molecule has 0 heterocycles. The van der Waals surface area contributed by atoms with Gasteiger partial charge in [0, 0.05) is 0 Å². The number of nitrogens with zero attached hydrogens (tertiary/aromatic N) is 1. The average Bonchev–Trinajstić information content (AvgIpc) is 2.20. The van der Waals surface area contributed by atoms with Gasteiger partial charge in [0.15, 0.2) is 17.3 Å². The highest BCUT2D eigenvalue weighted by molar-refractivity contribution is 5.97. The van der Waals surface area contributed by atoms with Crippen LogP contribution in [-0.4, -0.2) is 17.5 Å². The number of aromatic hydroxyl groups is 1. The van der Waals surface area contributed by atoms with Crippen molar-refractivity contribution in [2.75, 3.05) is 6.61 Å². The number of phenolic OH excluding ortho intramolecular Hbond substituents is 1. The molecule has 4 nitrogen and oxygen atoms in total. The van der Waals surface area contributed by atoms with Crippen LogP contribution in [0.4, 0.5) is 0 Å². The molecule has 78 valence electrons. The lowest BCUT2D eigenvalue weighted by atomic mass is 10.1. The summed E-state index contributed by atoms with van der Waals surface area (Å²) in [5.41, 5.74) is 0.386. The molecule has 1 rings (SSSR count). The molecular formula is C11H11NO3. The largest absolute Gasteiger partial charge is 0.504 e. The molecule has 1 aromatic carbocycles. The Morgan fingerprint density at radius 3 is 2.73 bits per heavy atom. The van der Waals surface area contributed by atoms with Gasteiger partial charge in [-0.1, -0.05) is 0 Å². The number of hydrogen-bond acceptors (Lipinski definition) is 4. The first-order valence-electron chi connectivity index (χ1n) is 4.51. The Morgan fingerprint density at radius 2 is 2.27 bits per heavy atom. The maximum Gasteiger partial charge on any atom is 0.179 e. The molecule has 0 unspecified atom stereocenters. The Hall–Kier alpha value is -2.02. The van der Waals surface area contributed by atoms with Gasteiger partial charge in [-0.3, -0.25) is 4.79 Å². The van der Waals surface area contributed by atoms with Crippen LogP contribution in [0.25, 0.3) is 0 Å². The molecule has 1 aromatic rings. The number of rotatable bonds is 3. The molecule has 0 atom stereocenters. The van der Waals surface area contributed by atoms with Gasteiger partial charge in [0.2, 0.25) is 0 Å². The predicted molar refractivity (Wildman–Crippen MR) is 54.0 cm³/mol. The third-order valence-electron chi connectivity index (χ3n) is 1.92. The van der Waals surface area contributed by atoms with E-state index in [1.54, 1.807) is 6.92 Å². The summed E-state index contributed by atoms with van der Waals surface area (Å²) >= 11 is 0. The van der Waals surface area contributed by atoms with Gasteiger partial charge in [0.1, 0.15) is 6.07 Å². The Bertz CT molecular complexity index is 432. The second-order valence-electron chi connectivity index (χ2n) is 2.94. The van der Waals surface area contributed by atoms with Crippen molar-refractivity contribution in [1.82, 2.24) is 0 Å². The summed E-state index contributed by atoms with van der Waals surface area (Å²) in [5.74, 6) is -0.450. The van der Waals surface area contributed by atoms with Crippen LogP contribution in [0.2, 0.25) is 0 Å². The van der Waals surface area contributed by atoms with Crippen LogP contribution in [0.5, 0.6) is 11.5 Å². The van der Waals surface area contributed by atoms with E-state index in [0.717, 1.165) is 0 Å². The quantitative estimate of drug-likeness (QED) is 0.764. The molecule has 4 heteroatoms. The Balaban J connectivity index is 3.37. The summed E-state index contributed by atoms with van der Waals surface area (Å²) < 4.78 is 5.12. The van der Waals surface area contributed by atoms with E-state index >= 15 is 0 Å². The predicted octanol–water partition coefficient (Wildman–Crippen LogP) is 1.87. The lowest BCUT2D eigenvalue weighted by molar-refractivity contribution is 0.101. The van der Waals surface area contributed by atoms with E-state index in [-0.39, 0.29) is 28.4 Å². The van der Waals surface area contributed by atoms with Gasteiger partial charge in [-0.25, -0.2) is 0 Å². The first-order chi connectivity index (χ1) is 7.11. The summed E-state index contributed by atoms with van der Waals surface area (Å²) in [4.78, 5) is 11.1. The van der Waals surface area contributed by atoms with Crippen molar-refractivity contribution in [3.05, 3.63) is 23.3 Å². The van der Waals surface area contributed by atoms with Crippen molar-refractivity contribution in [2.24, 2.45) is 0 Å². The highest BCUT2D eigenvalue weighted by atomic mass is 16.5. The zero-order valence-corrected chi connectivity index (χ0v) is 8.57. The van der Waals surface area contributed by atoms with Crippen LogP contribution in [-0.2, 0) is 0 Å². The van der Waals surface area contributed by atoms with E-state index in [2.05, 4.69) is 0 Å². The number of hydrogen-bond donors (Lipinski definition) is 1. The summed E-state index contributed by atoms with van der Waals surface area (Å²) in [6.07, 6.45) is 0. The monoisotopic (exact) mass is 205 g/mol. The minimum absolute atomic E-state index is 0.0766. The molecule has 1 N–H and O–H groups in total. The third-order valence-corrected chi connectivity index (χ3v) is 1.92. The van der Waals surface area contributed by atoms with Gasteiger partial charge in [0.05, 0.1) is 17.7 Å². The van der Waals surface area contributed by atoms with Crippen molar-refractivity contribution in [3.63, 3.8) is 0 Å². The van der Waals surface area contributed by atoms with E-state index < -0.39 is 0 Å². The number of carbonyl (C=O) groups excluding carboxylic acids is 1. The van der Waals surface area contributed by atoms with Crippen LogP contribution in [0.3, 0.4) is 0 Å². The molecule has 0 aliphatic heterocycles. The van der Waals surface area contributed by atoms with E-state index in [0.29, 0.717) is 6.61 Å². The summed E-state index contributed by atoms with van der Waals surface area (Å²) in [6.45, 7) is 3.40. The summed E-state index contributed by atoms with van der Waals surface area (Å²) in [6, 6.07) is 4.77. The Kier molecular flexibility index (Phi) is 3.29. The number of nitriles is 1. The fraction of sp³-hybridized carbons (Fsp3) is 0.273. The second kappa shape index (κ2) is 4.47. The highest BCUT2D eigenvalue weighted by Crippen LogP contribution is 2.33. The number of ketones is 1. The zero-order chi connectivity index (χ0) is 11.4. The maximum atomic E-state index is 11.1. The normalized spacial score (nSPS) is 9.40. The number of ether oxygens (including phenoxy) is 1. The van der Waals surface area contributed by atoms with E-state index in [1.807, 2.05) is 6.07 Å². The lowest BCUT2D eigenvalue weighted by Crippen LogP contribution is -1.99. The van der Waals surface area contributed by atoms with Crippen LogP contribution >= 0.6 is 0 Å². The van der Waals surface area contributed by atoms with Crippen molar-refractivity contribution in [1.29, 1.82) is 5.26 Å². The molecule has 0 aliphatic carbocycles. The van der Waals surface area contributed by atoms with Crippen molar-refractivity contribution in [3.8, 4) is 17.6 Å². The van der Waals surface area contributed by atoms with Gasteiger partial charge in [0.25, 0.3) is 0 Å². The Morgan fingerprint density at radius 1 is 1.60 bits per heavy atom. The van der Waals surface area contributed by atoms with Crippen LogP contribution in [0.1, 0.15) is 29.8 Å². The standard InChI is InChI=1S/C11H11NO3/c1-3-15-11-8(6-12)4-5-9(7(2)13)10(11)14/h4-5,14H,3H2,1-2H3. The summed E-state index contributed by atoms with van der Waals surface area (Å²) in [5, 5.41) is 18.5. The number of Topliss-reactive ketones (excluding diaryl/α,β-unsaturated/α-hetero) is 1. The maximum absolute atomic E-state index is 11.1. The molecule has 0 aromatic heterocycles. The van der Waals surface area contributed by atoms with Crippen LogP contribution < -0.4 is 4.74 Å². The minimum atomic E-state index is -0.266. The lowest BCUT2D eigenvalue weighted by Gasteiger charge is -2.09. The van der Waals surface area contributed by atoms with Crippen LogP contribution in [0.15, 0.2) is 12.1 Å². The van der Waals surface area contributed by atoms with E-state index in [9.17, 15) is 9.90 Å². The molecule has 15 heavy (non-hydrogen) atoms. The number of carbonyl (C=O) groups is 1. The molecule has 0 saturated heterocycles. The first kappa shape index (κ1) is 11.1. The molecule has 0 amide bonds. The zero-order valence-electron chi connectivity index (χ0n) is 8.57. The van der Waals surface area contributed by atoms with Crippen molar-refractivity contribution < 1.29 is 14.6 Å². The molecule has 0 fully saturated rings. The van der Waals surface area contributed by atoms with Gasteiger partial charge < -0.3 is 9.84 Å². The van der Waals surface area contributed by atoms with E-state index in [4.69, 9.17) is 10.00 Å². The van der Waals surface area contributed by atoms with Gasteiger partial charge in [-0.2, -0.15) is 5.26 Å². The molecular weight excluding hydrogens is 194 g/mol. The SMILES string of the molecule is CCOc1c(C#N)ccc(C(C)=O)c1O. The molecule has 0 spiro atoms. The van der Waals surface area contributed by atoms with Gasteiger partial charge in [-0.15, -0.1) is 0 Å². The number of phenols is 1. The van der Waals surface area contributed by atoms with E-state index in [1.165, 1.54) is 19.1 Å². The molecule has 0 radical (unpaired) electrons. The van der Waals surface area contributed by atoms with Gasteiger partial charge >= 0.3 is 0 Å². The number of benzene rings is 1. The highest BCUT2D eigenvalue weighted by Gasteiger charge is 2.15. The van der Waals surface area contributed by atoms with Gasteiger partial charge in [-0.05, 0) is 26.0 Å². The summed E-state index contributed by atoms with van der Waals surface area (Å²) in [7, 11) is 0. The topological polar surface area (TPSA) is 70.3 Å². The fourth-order valence-corrected chi connectivity index (χ4v) is 1.23. The van der Waals surface area contributed by atoms with Crippen LogP contribution in [0, 0.1) is 11.3 Å². The van der Waals surface area contributed by atoms with Crippen molar-refractivity contribution >= 4 is 5.78 Å². The fourth-order valence-electron chi connectivity index (χ4n) is 1.23. The second-order valence-corrected chi connectivity index (χ2v) is 2.94. The molecule has 0 saturated carbocycles. The smallest absolute Gasteiger partial charge is 0.179 e. The van der Waals surface area contributed by atoms with Crippen molar-refractivity contribution in [2.45, 2.75) is 13.8 Å². The third kappa shape index (κ3) is 2.08.